The van der Waals surface area contributed by atoms with Crippen molar-refractivity contribution in [3.8, 4) is 11.4 Å². The standard InChI is InChI=1S/C22H25N3O2/c1-15-6-5-7-19(12-15)22-23-20(27-24-22)14-25(4)21(26)11-10-18-9-8-16(2)17(3)13-18/h5-9,12-13H,10-11,14H2,1-4H3. The molecule has 140 valence electrons. The summed E-state index contributed by atoms with van der Waals surface area (Å²) in [6.07, 6.45) is 1.18. The lowest BCUT2D eigenvalue weighted by Crippen LogP contribution is -2.26. The van der Waals surface area contributed by atoms with E-state index in [0.717, 1.165) is 17.5 Å². The number of aromatic nitrogens is 2. The molecule has 0 fully saturated rings. The van der Waals surface area contributed by atoms with Crippen LogP contribution in [0.4, 0.5) is 0 Å². The van der Waals surface area contributed by atoms with E-state index in [-0.39, 0.29) is 5.91 Å². The lowest BCUT2D eigenvalue weighted by atomic mass is 10.0. The summed E-state index contributed by atoms with van der Waals surface area (Å²) in [5.74, 6) is 1.04. The Morgan fingerprint density at radius 2 is 1.89 bits per heavy atom. The van der Waals surface area contributed by atoms with Crippen molar-refractivity contribution in [2.45, 2.75) is 40.2 Å². The highest BCUT2D eigenvalue weighted by Gasteiger charge is 2.15. The number of nitrogens with zero attached hydrogens (tertiary/aromatic N) is 3. The molecule has 3 rings (SSSR count). The molecule has 0 saturated heterocycles. The molecule has 27 heavy (non-hydrogen) atoms. The number of carbonyl (C=O) groups excluding carboxylic acids is 1. The van der Waals surface area contributed by atoms with Crippen molar-refractivity contribution in [1.29, 1.82) is 0 Å². The van der Waals surface area contributed by atoms with Gasteiger partial charge in [0.15, 0.2) is 0 Å². The predicted octanol–water partition coefficient (Wildman–Crippen LogP) is 4.25. The summed E-state index contributed by atoms with van der Waals surface area (Å²) in [5, 5.41) is 4.03. The number of hydrogen-bond acceptors (Lipinski definition) is 4. The molecule has 0 spiro atoms. The van der Waals surface area contributed by atoms with E-state index >= 15 is 0 Å². The fourth-order valence-corrected chi connectivity index (χ4v) is 2.91. The van der Waals surface area contributed by atoms with Gasteiger partial charge < -0.3 is 9.42 Å². The second kappa shape index (κ2) is 8.16. The monoisotopic (exact) mass is 363 g/mol. The normalized spacial score (nSPS) is 10.8. The van der Waals surface area contributed by atoms with E-state index in [2.05, 4.69) is 42.2 Å². The molecule has 0 unspecified atom stereocenters. The Morgan fingerprint density at radius 3 is 2.63 bits per heavy atom. The molecule has 5 heteroatoms. The largest absolute Gasteiger partial charge is 0.337 e. The summed E-state index contributed by atoms with van der Waals surface area (Å²) in [7, 11) is 1.76. The Labute approximate surface area is 160 Å². The minimum atomic E-state index is 0.0588. The van der Waals surface area contributed by atoms with Crippen LogP contribution in [0.1, 0.15) is 34.6 Å². The quantitative estimate of drug-likeness (QED) is 0.657. The van der Waals surface area contributed by atoms with Crippen LogP contribution in [0.3, 0.4) is 0 Å². The van der Waals surface area contributed by atoms with Gasteiger partial charge in [0.2, 0.25) is 17.6 Å². The highest BCUT2D eigenvalue weighted by molar-refractivity contribution is 5.76. The van der Waals surface area contributed by atoms with Gasteiger partial charge in [-0.05, 0) is 49.9 Å². The lowest BCUT2D eigenvalue weighted by molar-refractivity contribution is -0.130. The molecule has 3 aromatic rings. The van der Waals surface area contributed by atoms with E-state index in [0.29, 0.717) is 24.7 Å². The smallest absolute Gasteiger partial charge is 0.246 e. The third kappa shape index (κ3) is 4.82. The summed E-state index contributed by atoms with van der Waals surface area (Å²) >= 11 is 0. The third-order valence-corrected chi connectivity index (χ3v) is 4.74. The van der Waals surface area contributed by atoms with E-state index < -0.39 is 0 Å². The first-order valence-corrected chi connectivity index (χ1v) is 9.12. The first-order chi connectivity index (χ1) is 12.9. The van der Waals surface area contributed by atoms with Crippen LogP contribution in [0.2, 0.25) is 0 Å². The van der Waals surface area contributed by atoms with Crippen molar-refractivity contribution in [3.63, 3.8) is 0 Å². The van der Waals surface area contributed by atoms with E-state index in [1.807, 2.05) is 31.2 Å². The molecule has 1 amide bonds. The molecular weight excluding hydrogens is 338 g/mol. The Balaban J connectivity index is 1.57. The van der Waals surface area contributed by atoms with Crippen molar-refractivity contribution < 1.29 is 9.32 Å². The van der Waals surface area contributed by atoms with E-state index in [1.165, 1.54) is 16.7 Å². The van der Waals surface area contributed by atoms with Crippen LogP contribution in [-0.2, 0) is 17.8 Å². The van der Waals surface area contributed by atoms with Crippen molar-refractivity contribution in [2.75, 3.05) is 7.05 Å². The Morgan fingerprint density at radius 1 is 1.07 bits per heavy atom. The molecule has 0 aliphatic heterocycles. The predicted molar refractivity (Wildman–Crippen MR) is 105 cm³/mol. The van der Waals surface area contributed by atoms with Gasteiger partial charge in [-0.25, -0.2) is 0 Å². The first kappa shape index (κ1) is 18.8. The van der Waals surface area contributed by atoms with Crippen LogP contribution in [0.15, 0.2) is 47.0 Å². The average Bonchev–Trinajstić information content (AvgIpc) is 3.11. The molecule has 0 aliphatic carbocycles. The van der Waals surface area contributed by atoms with Crippen molar-refractivity contribution in [3.05, 3.63) is 70.6 Å². The van der Waals surface area contributed by atoms with Crippen molar-refractivity contribution in [1.82, 2.24) is 15.0 Å². The van der Waals surface area contributed by atoms with Crippen LogP contribution < -0.4 is 0 Å². The fraction of sp³-hybridized carbons (Fsp3) is 0.318. The van der Waals surface area contributed by atoms with Crippen LogP contribution >= 0.6 is 0 Å². The molecule has 1 aromatic heterocycles. The molecule has 0 atom stereocenters. The van der Waals surface area contributed by atoms with E-state index in [1.54, 1.807) is 11.9 Å². The number of rotatable bonds is 6. The molecule has 0 bridgehead atoms. The zero-order valence-electron chi connectivity index (χ0n) is 16.3. The summed E-state index contributed by atoms with van der Waals surface area (Å²) < 4.78 is 5.32. The summed E-state index contributed by atoms with van der Waals surface area (Å²) in [4.78, 5) is 18.5. The maximum Gasteiger partial charge on any atom is 0.246 e. The van der Waals surface area contributed by atoms with Crippen LogP contribution in [0.25, 0.3) is 11.4 Å². The van der Waals surface area contributed by atoms with E-state index in [9.17, 15) is 4.79 Å². The minimum absolute atomic E-state index is 0.0588. The van der Waals surface area contributed by atoms with Gasteiger partial charge in [-0.1, -0.05) is 47.1 Å². The summed E-state index contributed by atoms with van der Waals surface area (Å²) in [6.45, 7) is 6.51. The highest BCUT2D eigenvalue weighted by atomic mass is 16.5. The maximum absolute atomic E-state index is 12.4. The SMILES string of the molecule is Cc1cccc(-c2noc(CN(C)C(=O)CCc3ccc(C)c(C)c3)n2)c1. The Kier molecular flexibility index (Phi) is 5.69. The van der Waals surface area contributed by atoms with Gasteiger partial charge in [0.1, 0.15) is 0 Å². The second-order valence-electron chi connectivity index (χ2n) is 7.05. The van der Waals surface area contributed by atoms with Crippen molar-refractivity contribution in [2.24, 2.45) is 0 Å². The van der Waals surface area contributed by atoms with Crippen LogP contribution in [0.5, 0.6) is 0 Å². The third-order valence-electron chi connectivity index (χ3n) is 4.74. The summed E-state index contributed by atoms with van der Waals surface area (Å²) in [6, 6.07) is 14.3. The highest BCUT2D eigenvalue weighted by Crippen LogP contribution is 2.18. The zero-order chi connectivity index (χ0) is 19.4. The maximum atomic E-state index is 12.4. The van der Waals surface area contributed by atoms with Gasteiger partial charge in [0, 0.05) is 19.0 Å². The molecule has 0 radical (unpaired) electrons. The minimum Gasteiger partial charge on any atom is -0.337 e. The van der Waals surface area contributed by atoms with Crippen LogP contribution in [-0.4, -0.2) is 28.0 Å². The molecule has 1 heterocycles. The molecular formula is C22H25N3O2. The molecule has 0 saturated carbocycles. The zero-order valence-corrected chi connectivity index (χ0v) is 16.3. The molecule has 0 N–H and O–H groups in total. The van der Waals surface area contributed by atoms with Gasteiger partial charge in [0.25, 0.3) is 0 Å². The number of hydrogen-bond donors (Lipinski definition) is 0. The van der Waals surface area contributed by atoms with Gasteiger partial charge in [0.05, 0.1) is 6.54 Å². The number of carbonyl (C=O) groups is 1. The molecule has 0 aliphatic rings. The van der Waals surface area contributed by atoms with Gasteiger partial charge in [-0.3, -0.25) is 4.79 Å². The topological polar surface area (TPSA) is 59.2 Å². The fourth-order valence-electron chi connectivity index (χ4n) is 2.91. The number of amides is 1. The molecule has 5 nitrogen and oxygen atoms in total. The second-order valence-corrected chi connectivity index (χ2v) is 7.05. The average molecular weight is 363 g/mol. The Bertz CT molecular complexity index is 946. The van der Waals surface area contributed by atoms with Crippen molar-refractivity contribution >= 4 is 5.91 Å². The Hall–Kier alpha value is -2.95. The number of aryl methyl sites for hydroxylation is 4. The molecule has 2 aromatic carbocycles. The van der Waals surface area contributed by atoms with E-state index in [4.69, 9.17) is 4.52 Å². The van der Waals surface area contributed by atoms with Gasteiger partial charge >= 0.3 is 0 Å². The number of benzene rings is 2. The lowest BCUT2D eigenvalue weighted by Gasteiger charge is -2.14. The summed E-state index contributed by atoms with van der Waals surface area (Å²) in [5.41, 5.74) is 5.75. The first-order valence-electron chi connectivity index (χ1n) is 9.12. The van der Waals surface area contributed by atoms with Gasteiger partial charge in [-0.2, -0.15) is 4.98 Å². The van der Waals surface area contributed by atoms with Gasteiger partial charge in [-0.15, -0.1) is 0 Å². The van der Waals surface area contributed by atoms with Crippen LogP contribution in [0, 0.1) is 20.8 Å².